The van der Waals surface area contributed by atoms with E-state index in [0.717, 1.165) is 24.3 Å². The number of ether oxygens (including phenoxy) is 1. The van der Waals surface area contributed by atoms with E-state index in [9.17, 15) is 4.79 Å². The fourth-order valence-electron chi connectivity index (χ4n) is 2.73. The number of benzene rings is 1. The molecule has 1 amide bonds. The molecule has 0 N–H and O–H groups in total. The molecule has 0 saturated heterocycles. The van der Waals surface area contributed by atoms with Crippen molar-refractivity contribution in [3.63, 3.8) is 0 Å². The zero-order valence-electron chi connectivity index (χ0n) is 11.2. The van der Waals surface area contributed by atoms with Crippen LogP contribution in [-0.4, -0.2) is 19.1 Å². The molecular weight excluding hydrogens is 226 g/mol. The topological polar surface area (TPSA) is 29.5 Å². The maximum absolute atomic E-state index is 11.9. The van der Waals surface area contributed by atoms with Crippen LogP contribution in [0.4, 0.5) is 5.69 Å². The summed E-state index contributed by atoms with van der Waals surface area (Å²) in [6.45, 7) is 1.65. The van der Waals surface area contributed by atoms with Gasteiger partial charge in [-0.1, -0.05) is 19.3 Å². The van der Waals surface area contributed by atoms with Crippen molar-refractivity contribution >= 4 is 11.6 Å². The molecule has 1 aliphatic rings. The Morgan fingerprint density at radius 3 is 2.28 bits per heavy atom. The van der Waals surface area contributed by atoms with Gasteiger partial charge in [-0.25, -0.2) is 0 Å². The molecule has 3 heteroatoms. The van der Waals surface area contributed by atoms with Gasteiger partial charge < -0.3 is 9.64 Å². The van der Waals surface area contributed by atoms with E-state index >= 15 is 0 Å². The van der Waals surface area contributed by atoms with E-state index in [1.807, 2.05) is 29.2 Å². The first-order valence-electron chi connectivity index (χ1n) is 6.66. The van der Waals surface area contributed by atoms with Gasteiger partial charge >= 0.3 is 0 Å². The Balaban J connectivity index is 2.20. The maximum Gasteiger partial charge on any atom is 0.224 e. The second-order valence-electron chi connectivity index (χ2n) is 4.88. The highest BCUT2D eigenvalue weighted by Gasteiger charge is 2.24. The normalized spacial score (nSPS) is 16.3. The Kier molecular flexibility index (Phi) is 4.24. The first-order chi connectivity index (χ1) is 8.72. The third kappa shape index (κ3) is 2.84. The molecule has 0 radical (unpaired) electrons. The number of hydrogen-bond acceptors (Lipinski definition) is 2. The minimum atomic E-state index is 0.132. The summed E-state index contributed by atoms with van der Waals surface area (Å²) in [6, 6.07) is 8.12. The van der Waals surface area contributed by atoms with Crippen molar-refractivity contribution in [2.45, 2.75) is 45.1 Å². The summed E-state index contributed by atoms with van der Waals surface area (Å²) in [4.78, 5) is 13.8. The van der Waals surface area contributed by atoms with E-state index in [1.54, 1.807) is 14.0 Å². The molecule has 18 heavy (non-hydrogen) atoms. The smallest absolute Gasteiger partial charge is 0.224 e. The Morgan fingerprint density at radius 1 is 1.17 bits per heavy atom. The standard InChI is InChI=1S/C15H21NO2/c1-12(17)16(13-6-4-3-5-7-13)14-8-10-15(18-2)11-9-14/h8-11,13H,3-7H2,1-2H3. The molecule has 0 unspecified atom stereocenters. The molecule has 0 bridgehead atoms. The van der Waals surface area contributed by atoms with Crippen molar-refractivity contribution in [3.8, 4) is 5.75 Å². The molecular formula is C15H21NO2. The van der Waals surface area contributed by atoms with Crippen LogP contribution in [0.15, 0.2) is 24.3 Å². The fraction of sp³-hybridized carbons (Fsp3) is 0.533. The summed E-state index contributed by atoms with van der Waals surface area (Å²) in [5, 5.41) is 0. The van der Waals surface area contributed by atoms with Crippen LogP contribution >= 0.6 is 0 Å². The predicted octanol–water partition coefficient (Wildman–Crippen LogP) is 3.38. The average Bonchev–Trinajstić information content (AvgIpc) is 2.40. The highest BCUT2D eigenvalue weighted by atomic mass is 16.5. The van der Waals surface area contributed by atoms with Gasteiger partial charge in [-0.15, -0.1) is 0 Å². The number of anilines is 1. The second kappa shape index (κ2) is 5.89. The average molecular weight is 247 g/mol. The largest absolute Gasteiger partial charge is 0.497 e. The second-order valence-corrected chi connectivity index (χ2v) is 4.88. The van der Waals surface area contributed by atoms with E-state index in [2.05, 4.69) is 0 Å². The first-order valence-corrected chi connectivity index (χ1v) is 6.66. The van der Waals surface area contributed by atoms with Gasteiger partial charge in [0.25, 0.3) is 0 Å². The van der Waals surface area contributed by atoms with Crippen LogP contribution in [0.5, 0.6) is 5.75 Å². The monoisotopic (exact) mass is 247 g/mol. The van der Waals surface area contributed by atoms with E-state index in [4.69, 9.17) is 4.74 Å². The zero-order valence-corrected chi connectivity index (χ0v) is 11.2. The summed E-state index contributed by atoms with van der Waals surface area (Å²) in [6.07, 6.45) is 5.98. The lowest BCUT2D eigenvalue weighted by Gasteiger charge is -2.33. The zero-order chi connectivity index (χ0) is 13.0. The number of nitrogens with zero attached hydrogens (tertiary/aromatic N) is 1. The van der Waals surface area contributed by atoms with E-state index in [0.29, 0.717) is 6.04 Å². The van der Waals surface area contributed by atoms with Crippen molar-refractivity contribution in [3.05, 3.63) is 24.3 Å². The van der Waals surface area contributed by atoms with Crippen LogP contribution in [0.2, 0.25) is 0 Å². The summed E-state index contributed by atoms with van der Waals surface area (Å²) in [5.41, 5.74) is 0.982. The first kappa shape index (κ1) is 12.9. The Bertz CT molecular complexity index is 393. The lowest BCUT2D eigenvalue weighted by molar-refractivity contribution is -0.117. The summed E-state index contributed by atoms with van der Waals surface area (Å²) in [5.74, 6) is 0.956. The molecule has 1 aliphatic carbocycles. The molecule has 0 atom stereocenters. The Hall–Kier alpha value is -1.51. The third-order valence-electron chi connectivity index (χ3n) is 3.63. The molecule has 1 aromatic carbocycles. The van der Waals surface area contributed by atoms with Gasteiger partial charge in [0, 0.05) is 18.7 Å². The molecule has 1 fully saturated rings. The number of methoxy groups -OCH3 is 1. The van der Waals surface area contributed by atoms with Crippen LogP contribution in [0.1, 0.15) is 39.0 Å². The molecule has 0 aliphatic heterocycles. The number of amides is 1. The van der Waals surface area contributed by atoms with Gasteiger partial charge in [0.15, 0.2) is 0 Å². The minimum Gasteiger partial charge on any atom is -0.497 e. The van der Waals surface area contributed by atoms with Gasteiger partial charge in [0.05, 0.1) is 7.11 Å². The molecule has 0 aromatic heterocycles. The number of rotatable bonds is 3. The van der Waals surface area contributed by atoms with E-state index in [-0.39, 0.29) is 5.91 Å². The van der Waals surface area contributed by atoms with Gasteiger partial charge in [-0.3, -0.25) is 4.79 Å². The van der Waals surface area contributed by atoms with Crippen molar-refractivity contribution in [1.82, 2.24) is 0 Å². The maximum atomic E-state index is 11.9. The molecule has 0 spiro atoms. The van der Waals surface area contributed by atoms with Crippen LogP contribution < -0.4 is 9.64 Å². The fourth-order valence-corrected chi connectivity index (χ4v) is 2.73. The van der Waals surface area contributed by atoms with E-state index < -0.39 is 0 Å². The molecule has 1 saturated carbocycles. The number of hydrogen-bond donors (Lipinski definition) is 0. The van der Waals surface area contributed by atoms with Crippen molar-refractivity contribution in [1.29, 1.82) is 0 Å². The lowest BCUT2D eigenvalue weighted by Crippen LogP contribution is -2.40. The van der Waals surface area contributed by atoms with Crippen LogP contribution in [0, 0.1) is 0 Å². The predicted molar refractivity (Wildman–Crippen MR) is 73.0 cm³/mol. The van der Waals surface area contributed by atoms with Crippen molar-refractivity contribution < 1.29 is 9.53 Å². The van der Waals surface area contributed by atoms with Gasteiger partial charge in [-0.2, -0.15) is 0 Å². The Morgan fingerprint density at radius 2 is 1.78 bits per heavy atom. The van der Waals surface area contributed by atoms with Gasteiger partial charge in [0.1, 0.15) is 5.75 Å². The summed E-state index contributed by atoms with van der Waals surface area (Å²) < 4.78 is 5.15. The third-order valence-corrected chi connectivity index (χ3v) is 3.63. The minimum absolute atomic E-state index is 0.132. The quantitative estimate of drug-likeness (QED) is 0.819. The number of carbonyl (C=O) groups is 1. The molecule has 98 valence electrons. The van der Waals surface area contributed by atoms with Gasteiger partial charge in [0.2, 0.25) is 5.91 Å². The summed E-state index contributed by atoms with van der Waals surface area (Å²) in [7, 11) is 1.65. The Labute approximate surface area is 109 Å². The SMILES string of the molecule is COc1ccc(N(C(C)=O)C2CCCCC2)cc1. The van der Waals surface area contributed by atoms with Crippen molar-refractivity contribution in [2.24, 2.45) is 0 Å². The highest BCUT2D eigenvalue weighted by Crippen LogP contribution is 2.28. The molecule has 2 rings (SSSR count). The van der Waals surface area contributed by atoms with Crippen LogP contribution in [0.25, 0.3) is 0 Å². The van der Waals surface area contributed by atoms with Crippen molar-refractivity contribution in [2.75, 3.05) is 12.0 Å². The molecule has 0 heterocycles. The van der Waals surface area contributed by atoms with Crippen LogP contribution in [0.3, 0.4) is 0 Å². The lowest BCUT2D eigenvalue weighted by atomic mass is 9.93. The molecule has 1 aromatic rings. The van der Waals surface area contributed by atoms with E-state index in [1.165, 1.54) is 19.3 Å². The number of carbonyl (C=O) groups excluding carboxylic acids is 1. The summed E-state index contributed by atoms with van der Waals surface area (Å²) >= 11 is 0. The van der Waals surface area contributed by atoms with Crippen LogP contribution in [-0.2, 0) is 4.79 Å². The molecule has 3 nitrogen and oxygen atoms in total. The van der Waals surface area contributed by atoms with Gasteiger partial charge in [-0.05, 0) is 37.1 Å². The highest BCUT2D eigenvalue weighted by molar-refractivity contribution is 5.92.